The molecular weight excluding hydrogens is 407 g/mol. The van der Waals surface area contributed by atoms with Gasteiger partial charge in [0.25, 0.3) is 0 Å². The van der Waals surface area contributed by atoms with Gasteiger partial charge in [-0.2, -0.15) is 0 Å². The Kier molecular flexibility index (Phi) is 4.44. The third-order valence-electron chi connectivity index (χ3n) is 4.45. The van der Waals surface area contributed by atoms with Crippen LogP contribution in [0.3, 0.4) is 0 Å². The van der Waals surface area contributed by atoms with E-state index >= 15 is 0 Å². The number of halogens is 1. The molecule has 3 aromatic rings. The number of hydrogen-bond donors (Lipinski definition) is 0. The van der Waals surface area contributed by atoms with E-state index in [2.05, 4.69) is 28.2 Å². The second kappa shape index (κ2) is 6.57. The molecule has 0 amide bonds. The van der Waals surface area contributed by atoms with Crippen LogP contribution in [0.4, 0.5) is 0 Å². The Bertz CT molecular complexity index is 882. The van der Waals surface area contributed by atoms with Gasteiger partial charge >= 0.3 is 155 Å². The van der Waals surface area contributed by atoms with Gasteiger partial charge in [0.2, 0.25) is 0 Å². The number of benzene rings is 2. The quantitative estimate of drug-likeness (QED) is 0.590. The summed E-state index contributed by atoms with van der Waals surface area (Å²) >= 11 is 5.96. The normalized spacial score (nSPS) is 26.1. The van der Waals surface area contributed by atoms with Gasteiger partial charge in [0, 0.05) is 0 Å². The number of hydrogen-bond acceptors (Lipinski definition) is 3. The molecule has 0 spiro atoms. The molecule has 2 aromatic carbocycles. The molecular formula is C18H15ClN2OSSe. The first-order chi connectivity index (χ1) is 11.7. The van der Waals surface area contributed by atoms with Gasteiger partial charge in [-0.3, -0.25) is 0 Å². The van der Waals surface area contributed by atoms with E-state index < -0.39 is 10.8 Å². The monoisotopic (exact) mass is 422 g/mol. The second-order valence-electron chi connectivity index (χ2n) is 5.90. The van der Waals surface area contributed by atoms with Crippen LogP contribution in [0.15, 0.2) is 54.6 Å². The fourth-order valence-electron chi connectivity index (χ4n) is 3.29. The van der Waals surface area contributed by atoms with Crippen LogP contribution in [-0.4, -0.2) is 28.1 Å². The summed E-state index contributed by atoms with van der Waals surface area (Å²) in [5.74, 6) is 0.111. The van der Waals surface area contributed by atoms with Crippen LogP contribution in [0, 0.1) is 0 Å². The van der Waals surface area contributed by atoms with Gasteiger partial charge in [-0.15, -0.1) is 0 Å². The van der Waals surface area contributed by atoms with Crippen LogP contribution in [0.5, 0.6) is 0 Å². The third kappa shape index (κ3) is 2.70. The first-order valence-electron chi connectivity index (χ1n) is 7.68. The summed E-state index contributed by atoms with van der Waals surface area (Å²) < 4.78 is 19.0. The molecule has 24 heavy (non-hydrogen) atoms. The third-order valence-corrected chi connectivity index (χ3v) is 8.88. The standard InChI is InChI=1S/C18H15ClN2OSSe/c1-11-15-18(24-21-20-15)17(13-7-9-14(19)10-8-13)23(22)16(11)12-5-3-2-4-6-12/h2-11,16-17H,1H3/t11-,16-,17-,23?/m0/s1. The van der Waals surface area contributed by atoms with E-state index in [-0.39, 0.29) is 31.2 Å². The molecule has 1 aromatic heterocycles. The van der Waals surface area contributed by atoms with E-state index in [1.54, 1.807) is 0 Å². The molecule has 2 heterocycles. The first-order valence-corrected chi connectivity index (χ1v) is 11.0. The van der Waals surface area contributed by atoms with Gasteiger partial charge in [0.15, 0.2) is 0 Å². The number of aromatic nitrogens is 2. The Morgan fingerprint density at radius 2 is 1.75 bits per heavy atom. The minimum absolute atomic E-state index is 0.0643. The van der Waals surface area contributed by atoms with Gasteiger partial charge in [-0.05, 0) is 0 Å². The molecule has 6 heteroatoms. The van der Waals surface area contributed by atoms with E-state index in [1.807, 2.05) is 42.5 Å². The van der Waals surface area contributed by atoms with Crippen molar-refractivity contribution in [3.63, 3.8) is 0 Å². The van der Waals surface area contributed by atoms with Crippen molar-refractivity contribution in [3.05, 3.63) is 80.9 Å². The molecule has 0 saturated carbocycles. The van der Waals surface area contributed by atoms with E-state index in [0.717, 1.165) is 21.3 Å². The predicted molar refractivity (Wildman–Crippen MR) is 98.0 cm³/mol. The average Bonchev–Trinajstić information content (AvgIpc) is 3.07. The fraction of sp³-hybridized carbons (Fsp3) is 0.222. The van der Waals surface area contributed by atoms with E-state index in [1.165, 1.54) is 0 Å². The van der Waals surface area contributed by atoms with Crippen LogP contribution >= 0.6 is 11.6 Å². The maximum atomic E-state index is 13.5. The van der Waals surface area contributed by atoms with Gasteiger partial charge in [-0.1, -0.05) is 0 Å². The molecule has 4 atom stereocenters. The van der Waals surface area contributed by atoms with Crippen molar-refractivity contribution in [3.8, 4) is 0 Å². The molecule has 122 valence electrons. The van der Waals surface area contributed by atoms with Crippen LogP contribution in [0.25, 0.3) is 0 Å². The summed E-state index contributed by atoms with van der Waals surface area (Å²) in [4.78, 5) is 0. The van der Waals surface area contributed by atoms with E-state index in [0.29, 0.717) is 5.02 Å². The number of fused-ring (bicyclic) bond motifs is 1. The van der Waals surface area contributed by atoms with Crippen molar-refractivity contribution in [1.82, 2.24) is 9.19 Å². The molecule has 0 bridgehead atoms. The van der Waals surface area contributed by atoms with Gasteiger partial charge in [-0.25, -0.2) is 0 Å². The fourth-order valence-corrected chi connectivity index (χ4v) is 7.85. The Morgan fingerprint density at radius 3 is 2.46 bits per heavy atom. The summed E-state index contributed by atoms with van der Waals surface area (Å²) in [6, 6.07) is 17.8. The zero-order valence-electron chi connectivity index (χ0n) is 12.9. The SMILES string of the molecule is C[C@H]1c2nn[se]c2[C@H](c2ccc(Cl)cc2)S(=O)[C@@H]1c1ccccc1. The van der Waals surface area contributed by atoms with Crippen molar-refractivity contribution >= 4 is 37.1 Å². The summed E-state index contributed by atoms with van der Waals surface area (Å²) in [7, 11) is -1.07. The van der Waals surface area contributed by atoms with Crippen LogP contribution < -0.4 is 0 Å². The minimum atomic E-state index is -1.07. The van der Waals surface area contributed by atoms with Gasteiger partial charge in [0.1, 0.15) is 0 Å². The molecule has 1 aliphatic heterocycles. The summed E-state index contributed by atoms with van der Waals surface area (Å²) in [5.41, 5.74) is 3.17. The van der Waals surface area contributed by atoms with Crippen LogP contribution in [-0.2, 0) is 10.8 Å². The predicted octanol–water partition coefficient (Wildman–Crippen LogP) is 3.88. The second-order valence-corrected chi connectivity index (χ2v) is 9.62. The molecule has 1 unspecified atom stereocenters. The summed E-state index contributed by atoms with van der Waals surface area (Å²) in [6.07, 6.45) is 0. The van der Waals surface area contributed by atoms with Crippen molar-refractivity contribution in [2.75, 3.05) is 0 Å². The number of nitrogens with zero attached hydrogens (tertiary/aromatic N) is 2. The Balaban J connectivity index is 1.86. The van der Waals surface area contributed by atoms with Gasteiger partial charge < -0.3 is 0 Å². The molecule has 3 nitrogen and oxygen atoms in total. The van der Waals surface area contributed by atoms with E-state index in [9.17, 15) is 4.21 Å². The first kappa shape index (κ1) is 16.2. The summed E-state index contributed by atoms with van der Waals surface area (Å²) in [5, 5.41) is 4.89. The van der Waals surface area contributed by atoms with Gasteiger partial charge in [0.05, 0.1) is 0 Å². The topological polar surface area (TPSA) is 42.9 Å². The van der Waals surface area contributed by atoms with Crippen LogP contribution in [0.2, 0.25) is 5.02 Å². The number of rotatable bonds is 2. The molecule has 0 aliphatic carbocycles. The molecule has 0 radical (unpaired) electrons. The Morgan fingerprint density at radius 1 is 1.04 bits per heavy atom. The van der Waals surface area contributed by atoms with E-state index in [4.69, 9.17) is 11.6 Å². The molecule has 1 aliphatic rings. The zero-order valence-corrected chi connectivity index (χ0v) is 16.2. The zero-order chi connectivity index (χ0) is 16.7. The maximum absolute atomic E-state index is 13.5. The Hall–Kier alpha value is -1.26. The molecule has 0 fully saturated rings. The molecule has 4 rings (SSSR count). The summed E-state index contributed by atoms with van der Waals surface area (Å²) in [6.45, 7) is 2.11. The van der Waals surface area contributed by atoms with Crippen LogP contribution in [0.1, 0.15) is 44.6 Å². The van der Waals surface area contributed by atoms with Crippen molar-refractivity contribution in [1.29, 1.82) is 0 Å². The van der Waals surface area contributed by atoms with Crippen molar-refractivity contribution < 1.29 is 4.21 Å². The Labute approximate surface area is 154 Å². The van der Waals surface area contributed by atoms with Crippen molar-refractivity contribution in [2.24, 2.45) is 0 Å². The average molecular weight is 422 g/mol. The molecule has 0 saturated heterocycles. The van der Waals surface area contributed by atoms with Crippen molar-refractivity contribution in [2.45, 2.75) is 23.3 Å². The molecule has 0 N–H and O–H groups in total.